The normalized spacial score (nSPS) is 19.3. The second-order valence-electron chi connectivity index (χ2n) is 11.8. The summed E-state index contributed by atoms with van der Waals surface area (Å²) in [4.78, 5) is 25.6. The van der Waals surface area contributed by atoms with E-state index in [1.165, 1.54) is 18.9 Å². The number of nitrogens with one attached hydrogen (secondary N) is 2. The van der Waals surface area contributed by atoms with Crippen molar-refractivity contribution in [3.05, 3.63) is 131 Å². The van der Waals surface area contributed by atoms with Crippen LogP contribution in [0, 0.1) is 5.92 Å². The molecule has 50 heavy (non-hydrogen) atoms. The van der Waals surface area contributed by atoms with Gasteiger partial charge in [-0.2, -0.15) is 4.68 Å². The van der Waals surface area contributed by atoms with Gasteiger partial charge in [0.1, 0.15) is 6.04 Å². The summed E-state index contributed by atoms with van der Waals surface area (Å²) >= 11 is 1.49. The van der Waals surface area contributed by atoms with E-state index in [0.29, 0.717) is 22.2 Å². The average Bonchev–Trinajstić information content (AvgIpc) is 3.63. The van der Waals surface area contributed by atoms with Crippen LogP contribution in [0.15, 0.2) is 114 Å². The average molecular weight is 695 g/mol. The van der Waals surface area contributed by atoms with Gasteiger partial charge in [0.25, 0.3) is 0 Å². The summed E-state index contributed by atoms with van der Waals surface area (Å²) in [7, 11) is 1.29. The molecule has 3 N–H and O–H groups in total. The molecule has 6 rings (SSSR count). The van der Waals surface area contributed by atoms with E-state index in [-0.39, 0.29) is 31.2 Å². The van der Waals surface area contributed by atoms with E-state index < -0.39 is 24.3 Å². The molecule has 13 heteroatoms. The molecule has 2 heterocycles. The highest BCUT2D eigenvalue weighted by molar-refractivity contribution is 7.99. The first kappa shape index (κ1) is 34.8. The zero-order valence-corrected chi connectivity index (χ0v) is 28.4. The maximum absolute atomic E-state index is 13.1. The Morgan fingerprint density at radius 2 is 1.66 bits per heavy atom. The Labute approximate surface area is 294 Å². The molecule has 1 saturated heterocycles. The van der Waals surface area contributed by atoms with E-state index in [0.717, 1.165) is 22.4 Å². The number of carbonyl (C=O) groups excluding carboxylic acids is 2. The summed E-state index contributed by atoms with van der Waals surface area (Å²) in [6, 6.07) is 32.6. The molecule has 5 atom stereocenters. The topological polar surface area (TPSA) is 150 Å². The fourth-order valence-corrected chi connectivity index (χ4v) is 6.79. The maximum atomic E-state index is 13.1. The lowest BCUT2D eigenvalue weighted by Crippen LogP contribution is -2.45. The highest BCUT2D eigenvalue weighted by Crippen LogP contribution is 2.43. The smallest absolute Gasteiger partial charge is 0.328 e. The number of carbonyl (C=O) groups is 2. The summed E-state index contributed by atoms with van der Waals surface area (Å²) in [6.07, 6.45) is -1.10. The minimum Gasteiger partial charge on any atom is -0.467 e. The summed E-state index contributed by atoms with van der Waals surface area (Å²) in [5.74, 6) is -0.0711. The molecule has 0 aliphatic carbocycles. The number of aliphatic hydroxyl groups is 1. The van der Waals surface area contributed by atoms with Crippen molar-refractivity contribution in [3.63, 3.8) is 0 Å². The fraction of sp³-hybridized carbons (Fsp3) is 0.270. The SMILES string of the molecule is COC(=O)[C@H](Cc1ccccc1)NC(=O)Nc1cccc([C@H]2O[C@@H](CSc3nnnn3-c3ccccc3)[C@@H](C)[C@@H](c3ccc(CO)cc3)O2)c1. The van der Waals surface area contributed by atoms with Crippen LogP contribution in [0.5, 0.6) is 0 Å². The number of aliphatic hydroxyl groups excluding tert-OH is 1. The number of para-hydroxylation sites is 1. The zero-order chi connectivity index (χ0) is 34.9. The number of hydrogen-bond donors (Lipinski definition) is 3. The summed E-state index contributed by atoms with van der Waals surface area (Å²) in [5.41, 5.74) is 4.69. The number of benzene rings is 4. The van der Waals surface area contributed by atoms with Gasteiger partial charge in [-0.25, -0.2) is 9.59 Å². The van der Waals surface area contributed by atoms with Crippen molar-refractivity contribution in [1.29, 1.82) is 0 Å². The molecule has 1 fully saturated rings. The molecule has 2 amide bonds. The molecule has 0 unspecified atom stereocenters. The minimum absolute atomic E-state index is 0.0531. The van der Waals surface area contributed by atoms with E-state index >= 15 is 0 Å². The Balaban J connectivity index is 1.19. The molecule has 1 aliphatic heterocycles. The number of methoxy groups -OCH3 is 1. The fourth-order valence-electron chi connectivity index (χ4n) is 5.74. The standard InChI is InChI=1S/C37H38N6O6S/c1-24-32(23-50-37-40-41-42-43(37)30-14-7-4-8-15-30)48-35(49-33(24)27-18-16-26(22-44)17-19-27)28-12-9-13-29(21-28)38-36(46)39-31(34(45)47-2)20-25-10-5-3-6-11-25/h3-19,21,24,31-33,35,44H,20,22-23H2,1-2H3,(H2,38,39,46)/t24-,31+,32+,33+,35+/m1/s1. The molecule has 5 aromatic rings. The van der Waals surface area contributed by atoms with Gasteiger partial charge in [0.2, 0.25) is 5.16 Å². The van der Waals surface area contributed by atoms with Crippen LogP contribution in [0.1, 0.15) is 41.6 Å². The third-order valence-electron chi connectivity index (χ3n) is 8.43. The van der Waals surface area contributed by atoms with Crippen LogP contribution in [-0.2, 0) is 32.0 Å². The number of aromatic nitrogens is 4. The first-order valence-corrected chi connectivity index (χ1v) is 17.2. The number of tetrazole rings is 1. The Bertz CT molecular complexity index is 1860. The predicted molar refractivity (Wildman–Crippen MR) is 187 cm³/mol. The van der Waals surface area contributed by atoms with Gasteiger partial charge in [-0.15, -0.1) is 5.10 Å². The molecule has 1 aliphatic rings. The maximum Gasteiger partial charge on any atom is 0.328 e. The zero-order valence-electron chi connectivity index (χ0n) is 27.6. The van der Waals surface area contributed by atoms with Crippen LogP contribution < -0.4 is 10.6 Å². The van der Waals surface area contributed by atoms with Crippen molar-refractivity contribution in [2.75, 3.05) is 18.2 Å². The van der Waals surface area contributed by atoms with Crippen LogP contribution in [-0.4, -0.2) is 62.3 Å². The van der Waals surface area contributed by atoms with Crippen LogP contribution in [0.3, 0.4) is 0 Å². The van der Waals surface area contributed by atoms with E-state index in [9.17, 15) is 14.7 Å². The molecule has 1 aromatic heterocycles. The number of esters is 1. The Kier molecular flexibility index (Phi) is 11.5. The minimum atomic E-state index is -0.879. The van der Waals surface area contributed by atoms with Crippen LogP contribution in [0.25, 0.3) is 5.69 Å². The summed E-state index contributed by atoms with van der Waals surface area (Å²) in [6.45, 7) is 2.03. The largest absolute Gasteiger partial charge is 0.467 e. The van der Waals surface area contributed by atoms with Crippen molar-refractivity contribution in [3.8, 4) is 5.69 Å². The number of rotatable bonds is 12. The monoisotopic (exact) mass is 694 g/mol. The van der Waals surface area contributed by atoms with Crippen molar-refractivity contribution in [1.82, 2.24) is 25.5 Å². The van der Waals surface area contributed by atoms with Gasteiger partial charge in [0.15, 0.2) is 6.29 Å². The van der Waals surface area contributed by atoms with Crippen molar-refractivity contribution in [2.24, 2.45) is 5.92 Å². The van der Waals surface area contributed by atoms with Gasteiger partial charge < -0.3 is 30.0 Å². The van der Waals surface area contributed by atoms with Crippen LogP contribution in [0.2, 0.25) is 0 Å². The number of urea groups is 1. The number of nitrogens with zero attached hydrogens (tertiary/aromatic N) is 4. The lowest BCUT2D eigenvalue weighted by molar-refractivity contribution is -0.268. The van der Waals surface area contributed by atoms with Crippen LogP contribution >= 0.6 is 11.8 Å². The predicted octanol–water partition coefficient (Wildman–Crippen LogP) is 5.64. The molecule has 0 bridgehead atoms. The summed E-state index contributed by atoms with van der Waals surface area (Å²) < 4.78 is 19.9. The number of ether oxygens (including phenoxy) is 3. The van der Waals surface area contributed by atoms with Crippen molar-refractivity contribution < 1.29 is 28.9 Å². The lowest BCUT2D eigenvalue weighted by atomic mass is 9.91. The van der Waals surface area contributed by atoms with Gasteiger partial charge in [-0.1, -0.05) is 104 Å². The molecule has 4 aromatic carbocycles. The Morgan fingerprint density at radius 1 is 0.920 bits per heavy atom. The lowest BCUT2D eigenvalue weighted by Gasteiger charge is -2.41. The van der Waals surface area contributed by atoms with E-state index in [2.05, 4.69) is 33.1 Å². The molecular formula is C37H38N6O6S. The Hall–Kier alpha value is -5.08. The number of hydrogen-bond acceptors (Lipinski definition) is 10. The third-order valence-corrected chi connectivity index (χ3v) is 9.44. The van der Waals surface area contributed by atoms with E-state index in [4.69, 9.17) is 14.2 Å². The number of anilines is 1. The van der Waals surface area contributed by atoms with Crippen molar-refractivity contribution >= 4 is 29.4 Å². The second kappa shape index (κ2) is 16.5. The van der Waals surface area contributed by atoms with Gasteiger partial charge >= 0.3 is 12.0 Å². The van der Waals surface area contributed by atoms with Gasteiger partial charge in [0, 0.05) is 29.3 Å². The molecular weight excluding hydrogens is 657 g/mol. The van der Waals surface area contributed by atoms with Gasteiger partial charge in [-0.3, -0.25) is 0 Å². The van der Waals surface area contributed by atoms with Gasteiger partial charge in [0.05, 0.1) is 31.6 Å². The number of amides is 2. The first-order chi connectivity index (χ1) is 24.4. The molecule has 258 valence electrons. The van der Waals surface area contributed by atoms with Crippen molar-refractivity contribution in [2.45, 2.75) is 49.6 Å². The molecule has 12 nitrogen and oxygen atoms in total. The summed E-state index contributed by atoms with van der Waals surface area (Å²) in [5, 5.41) is 28.1. The molecule has 0 radical (unpaired) electrons. The van der Waals surface area contributed by atoms with Gasteiger partial charge in [-0.05, 0) is 51.4 Å². The van der Waals surface area contributed by atoms with Crippen LogP contribution in [0.4, 0.5) is 10.5 Å². The Morgan fingerprint density at radius 3 is 2.38 bits per heavy atom. The molecule has 0 saturated carbocycles. The van der Waals surface area contributed by atoms with E-state index in [1.807, 2.05) is 91.0 Å². The third kappa shape index (κ3) is 8.55. The number of thioether (sulfide) groups is 1. The highest BCUT2D eigenvalue weighted by atomic mass is 32.2. The van der Waals surface area contributed by atoms with E-state index in [1.54, 1.807) is 22.9 Å². The first-order valence-electron chi connectivity index (χ1n) is 16.2. The quantitative estimate of drug-likeness (QED) is 0.111. The molecule has 0 spiro atoms. The highest BCUT2D eigenvalue weighted by Gasteiger charge is 2.39. The second-order valence-corrected chi connectivity index (χ2v) is 12.8.